The van der Waals surface area contributed by atoms with Crippen LogP contribution in [-0.4, -0.2) is 38.8 Å². The molecule has 1 heterocycles. The van der Waals surface area contributed by atoms with Gasteiger partial charge >= 0.3 is 0 Å². The highest BCUT2D eigenvalue weighted by molar-refractivity contribution is 5.79. The van der Waals surface area contributed by atoms with Gasteiger partial charge in [-0.15, -0.1) is 6.58 Å². The lowest BCUT2D eigenvalue weighted by molar-refractivity contribution is 0.107. The Balaban J connectivity index is 1.88. The van der Waals surface area contributed by atoms with E-state index in [4.69, 9.17) is 14.1 Å². The molecule has 1 saturated carbocycles. The summed E-state index contributed by atoms with van der Waals surface area (Å²) in [4.78, 5) is 4.87. The number of aliphatic imine (C=N–C) groups is 1. The molecule has 0 aliphatic heterocycles. The second-order valence-corrected chi connectivity index (χ2v) is 6.74. The van der Waals surface area contributed by atoms with Crippen LogP contribution >= 0.6 is 0 Å². The first-order valence-corrected chi connectivity index (χ1v) is 9.51. The molecule has 25 heavy (non-hydrogen) atoms. The van der Waals surface area contributed by atoms with Gasteiger partial charge in [-0.3, -0.25) is 4.99 Å². The number of furan rings is 1. The van der Waals surface area contributed by atoms with Crippen LogP contribution in [0.3, 0.4) is 0 Å². The highest BCUT2D eigenvalue weighted by atomic mass is 16.5. The van der Waals surface area contributed by atoms with E-state index in [0.29, 0.717) is 12.0 Å². The molecule has 0 unspecified atom stereocenters. The molecule has 1 aliphatic rings. The first-order chi connectivity index (χ1) is 12.3. The second-order valence-electron chi connectivity index (χ2n) is 6.74. The maximum Gasteiger partial charge on any atom is 0.191 e. The Morgan fingerprint density at radius 3 is 2.92 bits per heavy atom. The average molecular weight is 348 g/mol. The Kier molecular flexibility index (Phi) is 8.60. The molecule has 1 aliphatic carbocycles. The van der Waals surface area contributed by atoms with Crippen LogP contribution in [0, 0.1) is 5.41 Å². The van der Waals surface area contributed by atoms with E-state index >= 15 is 0 Å². The lowest BCUT2D eigenvalue weighted by atomic mass is 9.83. The van der Waals surface area contributed by atoms with Crippen molar-refractivity contribution in [2.24, 2.45) is 10.4 Å². The van der Waals surface area contributed by atoms with Gasteiger partial charge < -0.3 is 19.8 Å². The standard InChI is InChI=1S/C20H33N3O2/c1-3-13-21-19(22-14-9-18-8-7-15-25-18)23-17-20(10-5-6-11-20)12-16-24-4-2/h3,7-8,15H,1,4-6,9-14,16-17H2,2H3,(H2,21,22,23). The zero-order chi connectivity index (χ0) is 17.8. The van der Waals surface area contributed by atoms with Gasteiger partial charge in [0.2, 0.25) is 0 Å². The molecule has 0 saturated heterocycles. The summed E-state index contributed by atoms with van der Waals surface area (Å²) in [5, 5.41) is 6.72. The van der Waals surface area contributed by atoms with Crippen LogP contribution < -0.4 is 10.6 Å². The van der Waals surface area contributed by atoms with Crippen LogP contribution in [-0.2, 0) is 11.2 Å². The Bertz CT molecular complexity index is 505. The Labute approximate surface area is 151 Å². The Morgan fingerprint density at radius 1 is 1.40 bits per heavy atom. The van der Waals surface area contributed by atoms with Crippen LogP contribution in [0.4, 0.5) is 0 Å². The molecule has 2 N–H and O–H groups in total. The number of nitrogens with one attached hydrogen (secondary N) is 2. The fourth-order valence-corrected chi connectivity index (χ4v) is 3.39. The smallest absolute Gasteiger partial charge is 0.191 e. The van der Waals surface area contributed by atoms with E-state index in [2.05, 4.69) is 24.1 Å². The molecule has 5 nitrogen and oxygen atoms in total. The van der Waals surface area contributed by atoms with Gasteiger partial charge in [-0.2, -0.15) is 0 Å². The summed E-state index contributed by atoms with van der Waals surface area (Å²) in [6, 6.07) is 3.92. The zero-order valence-electron chi connectivity index (χ0n) is 15.6. The lowest BCUT2D eigenvalue weighted by Gasteiger charge is -2.27. The third-order valence-corrected chi connectivity index (χ3v) is 4.88. The van der Waals surface area contributed by atoms with Crippen molar-refractivity contribution in [1.29, 1.82) is 0 Å². The minimum absolute atomic E-state index is 0.305. The van der Waals surface area contributed by atoms with Crippen molar-refractivity contribution in [3.05, 3.63) is 36.8 Å². The van der Waals surface area contributed by atoms with E-state index in [-0.39, 0.29) is 0 Å². The van der Waals surface area contributed by atoms with Crippen LogP contribution in [0.2, 0.25) is 0 Å². The summed E-state index contributed by atoms with van der Waals surface area (Å²) in [6.07, 6.45) is 10.6. The molecule has 1 aromatic heterocycles. The van der Waals surface area contributed by atoms with Gasteiger partial charge in [0, 0.05) is 39.3 Å². The highest BCUT2D eigenvalue weighted by Gasteiger charge is 2.33. The first kappa shape index (κ1) is 19.6. The maximum absolute atomic E-state index is 5.60. The summed E-state index contributed by atoms with van der Waals surface area (Å²) < 4.78 is 11.0. The number of rotatable bonds is 11. The van der Waals surface area contributed by atoms with Crippen molar-refractivity contribution >= 4 is 5.96 Å². The van der Waals surface area contributed by atoms with E-state index in [0.717, 1.165) is 50.9 Å². The van der Waals surface area contributed by atoms with Gasteiger partial charge in [0.15, 0.2) is 5.96 Å². The van der Waals surface area contributed by atoms with Crippen LogP contribution in [0.5, 0.6) is 0 Å². The quantitative estimate of drug-likeness (QED) is 0.278. The van der Waals surface area contributed by atoms with E-state index in [1.807, 2.05) is 18.2 Å². The molecule has 1 fully saturated rings. The van der Waals surface area contributed by atoms with Crippen molar-refractivity contribution in [3.8, 4) is 0 Å². The molecule has 1 aromatic rings. The largest absolute Gasteiger partial charge is 0.469 e. The number of nitrogens with zero attached hydrogens (tertiary/aromatic N) is 1. The predicted octanol–water partition coefficient (Wildman–Crippen LogP) is 3.53. The fourth-order valence-electron chi connectivity index (χ4n) is 3.39. The summed E-state index contributed by atoms with van der Waals surface area (Å²) >= 11 is 0. The number of hydrogen-bond acceptors (Lipinski definition) is 3. The molecule has 0 aromatic carbocycles. The summed E-state index contributed by atoms with van der Waals surface area (Å²) in [7, 11) is 0. The molecule has 0 atom stereocenters. The van der Waals surface area contributed by atoms with Crippen molar-refractivity contribution in [2.45, 2.75) is 45.4 Å². The van der Waals surface area contributed by atoms with E-state index in [9.17, 15) is 0 Å². The maximum atomic E-state index is 5.60. The summed E-state index contributed by atoms with van der Waals surface area (Å²) in [6.45, 7) is 9.82. The van der Waals surface area contributed by atoms with Gasteiger partial charge in [-0.05, 0) is 43.7 Å². The number of guanidine groups is 1. The molecule has 0 amide bonds. The molecular weight excluding hydrogens is 314 g/mol. The zero-order valence-corrected chi connectivity index (χ0v) is 15.6. The minimum atomic E-state index is 0.305. The predicted molar refractivity (Wildman–Crippen MR) is 103 cm³/mol. The van der Waals surface area contributed by atoms with E-state index in [1.54, 1.807) is 6.26 Å². The van der Waals surface area contributed by atoms with Gasteiger partial charge in [0.1, 0.15) is 5.76 Å². The van der Waals surface area contributed by atoms with Gasteiger partial charge in [0.25, 0.3) is 0 Å². The first-order valence-electron chi connectivity index (χ1n) is 9.51. The Morgan fingerprint density at radius 2 is 2.24 bits per heavy atom. The van der Waals surface area contributed by atoms with Crippen molar-refractivity contribution in [1.82, 2.24) is 10.6 Å². The molecule has 0 spiro atoms. The van der Waals surface area contributed by atoms with Crippen LogP contribution in [0.1, 0.15) is 44.8 Å². The van der Waals surface area contributed by atoms with Crippen LogP contribution in [0.15, 0.2) is 40.5 Å². The third kappa shape index (κ3) is 6.94. The fraction of sp³-hybridized carbons (Fsp3) is 0.650. The third-order valence-electron chi connectivity index (χ3n) is 4.88. The van der Waals surface area contributed by atoms with Crippen molar-refractivity contribution in [2.75, 3.05) is 32.8 Å². The number of ether oxygens (including phenoxy) is 1. The minimum Gasteiger partial charge on any atom is -0.469 e. The van der Waals surface area contributed by atoms with Crippen molar-refractivity contribution < 1.29 is 9.15 Å². The monoisotopic (exact) mass is 347 g/mol. The summed E-state index contributed by atoms with van der Waals surface area (Å²) in [5.41, 5.74) is 0.305. The average Bonchev–Trinajstić information content (AvgIpc) is 3.30. The van der Waals surface area contributed by atoms with Gasteiger partial charge in [-0.1, -0.05) is 18.9 Å². The van der Waals surface area contributed by atoms with Crippen LogP contribution in [0.25, 0.3) is 0 Å². The topological polar surface area (TPSA) is 58.8 Å². The Hall–Kier alpha value is -1.75. The molecular formula is C20H33N3O2. The highest BCUT2D eigenvalue weighted by Crippen LogP contribution is 2.41. The second kappa shape index (κ2) is 11.0. The molecule has 140 valence electrons. The SMILES string of the molecule is C=CCNC(=NCC1(CCOCC)CCCC1)NCCc1ccco1. The van der Waals surface area contributed by atoms with E-state index in [1.165, 1.54) is 25.7 Å². The lowest BCUT2D eigenvalue weighted by Crippen LogP contribution is -2.39. The molecule has 0 bridgehead atoms. The molecule has 0 radical (unpaired) electrons. The van der Waals surface area contributed by atoms with Gasteiger partial charge in [0.05, 0.1) is 6.26 Å². The van der Waals surface area contributed by atoms with E-state index < -0.39 is 0 Å². The van der Waals surface area contributed by atoms with Crippen molar-refractivity contribution in [3.63, 3.8) is 0 Å². The molecule has 2 rings (SSSR count). The van der Waals surface area contributed by atoms with Gasteiger partial charge in [-0.25, -0.2) is 0 Å². The summed E-state index contributed by atoms with van der Waals surface area (Å²) in [5.74, 6) is 1.84. The molecule has 5 heteroatoms. The normalized spacial score (nSPS) is 16.8. The number of hydrogen-bond donors (Lipinski definition) is 2.